The quantitative estimate of drug-likeness (QED) is 0.161. The van der Waals surface area contributed by atoms with Crippen LogP contribution in [0.25, 0.3) is 117 Å². The molecule has 62 heavy (non-hydrogen) atoms. The Hall–Kier alpha value is -8.48. The van der Waals surface area contributed by atoms with Crippen molar-refractivity contribution in [3.63, 3.8) is 0 Å². The molecule has 0 saturated carbocycles. The molecule has 0 aliphatic rings. The van der Waals surface area contributed by atoms with Crippen molar-refractivity contribution in [3.8, 4) is 73.4 Å². The first-order valence-electron chi connectivity index (χ1n) is 20.7. The number of hydrogen-bond acceptors (Lipinski definition) is 5. The van der Waals surface area contributed by atoms with E-state index in [2.05, 4.69) is 144 Å². The maximum atomic E-state index is 6.98. The van der Waals surface area contributed by atoms with Crippen LogP contribution < -0.4 is 0 Å². The van der Waals surface area contributed by atoms with Crippen molar-refractivity contribution < 1.29 is 4.42 Å². The number of rotatable bonds is 7. The summed E-state index contributed by atoms with van der Waals surface area (Å²) in [5.41, 5.74) is 13.3. The second-order valence-electron chi connectivity index (χ2n) is 15.4. The first-order valence-corrected chi connectivity index (χ1v) is 20.7. The van der Waals surface area contributed by atoms with Crippen molar-refractivity contribution >= 4 is 43.7 Å². The molecule has 0 aliphatic heterocycles. The molecule has 8 aromatic carbocycles. The summed E-state index contributed by atoms with van der Waals surface area (Å²) < 4.78 is 9.32. The van der Waals surface area contributed by atoms with Gasteiger partial charge in [0.05, 0.1) is 16.7 Å². The van der Waals surface area contributed by atoms with Crippen LogP contribution in [-0.2, 0) is 0 Å². The maximum absolute atomic E-state index is 6.98. The number of pyridine rings is 1. The van der Waals surface area contributed by atoms with Gasteiger partial charge in [-0.3, -0.25) is 4.98 Å². The molecule has 4 aromatic heterocycles. The van der Waals surface area contributed by atoms with Gasteiger partial charge in [-0.05, 0) is 59.2 Å². The number of fused-ring (bicyclic) bond motifs is 7. The van der Waals surface area contributed by atoms with Crippen LogP contribution in [-0.4, -0.2) is 24.5 Å². The average molecular weight is 794 g/mol. The fourth-order valence-electron chi connectivity index (χ4n) is 8.92. The highest BCUT2D eigenvalue weighted by atomic mass is 16.3. The number of nitrogens with zero attached hydrogens (tertiary/aromatic N) is 5. The molecule has 12 aromatic rings. The van der Waals surface area contributed by atoms with Crippen LogP contribution in [0.5, 0.6) is 0 Å². The maximum Gasteiger partial charge on any atom is 0.166 e. The van der Waals surface area contributed by atoms with Crippen molar-refractivity contribution in [2.75, 3.05) is 0 Å². The molecule has 0 spiro atoms. The summed E-state index contributed by atoms with van der Waals surface area (Å²) in [5, 5.41) is 4.39. The van der Waals surface area contributed by atoms with Crippen LogP contribution in [0.3, 0.4) is 0 Å². The molecule has 290 valence electrons. The summed E-state index contributed by atoms with van der Waals surface area (Å²) in [5.74, 6) is 1.67. The molecule has 0 aliphatic carbocycles. The van der Waals surface area contributed by atoms with Gasteiger partial charge in [0.2, 0.25) is 0 Å². The smallest absolute Gasteiger partial charge is 0.166 e. The van der Waals surface area contributed by atoms with Crippen molar-refractivity contribution in [1.29, 1.82) is 0 Å². The fraction of sp³-hybridized carbons (Fsp3) is 0. The molecule has 0 bridgehead atoms. The van der Waals surface area contributed by atoms with Crippen LogP contribution in [0.2, 0.25) is 0 Å². The topological polar surface area (TPSA) is 69.6 Å². The van der Waals surface area contributed by atoms with E-state index in [1.165, 1.54) is 0 Å². The molecular weight excluding hydrogens is 759 g/mol. The third-order valence-corrected chi connectivity index (χ3v) is 11.7. The molecule has 0 N–H and O–H groups in total. The molecule has 0 fully saturated rings. The van der Waals surface area contributed by atoms with Gasteiger partial charge in [-0.1, -0.05) is 164 Å². The Morgan fingerprint density at radius 2 is 0.919 bits per heavy atom. The molecule has 6 heteroatoms. The van der Waals surface area contributed by atoms with Gasteiger partial charge in [-0.25, -0.2) is 15.0 Å². The minimum absolute atomic E-state index is 0.515. The van der Waals surface area contributed by atoms with E-state index in [4.69, 9.17) is 24.4 Å². The van der Waals surface area contributed by atoms with Crippen molar-refractivity contribution in [2.45, 2.75) is 0 Å². The summed E-state index contributed by atoms with van der Waals surface area (Å²) in [7, 11) is 0. The summed E-state index contributed by atoms with van der Waals surface area (Å²) in [4.78, 5) is 20.9. The molecule has 0 unspecified atom stereocenters. The van der Waals surface area contributed by atoms with Gasteiger partial charge < -0.3 is 8.98 Å². The van der Waals surface area contributed by atoms with Crippen molar-refractivity contribution in [3.05, 3.63) is 212 Å². The van der Waals surface area contributed by atoms with Crippen LogP contribution >= 0.6 is 0 Å². The molecular formula is C56H35N5O. The fourth-order valence-corrected chi connectivity index (χ4v) is 8.92. The zero-order valence-corrected chi connectivity index (χ0v) is 33.4. The lowest BCUT2D eigenvalue weighted by atomic mass is 9.93. The van der Waals surface area contributed by atoms with E-state index in [9.17, 15) is 0 Å². The summed E-state index contributed by atoms with van der Waals surface area (Å²) in [6, 6.07) is 71.0. The summed E-state index contributed by atoms with van der Waals surface area (Å²) in [6.45, 7) is 0. The van der Waals surface area contributed by atoms with E-state index in [0.29, 0.717) is 23.2 Å². The minimum atomic E-state index is 0.515. The highest BCUT2D eigenvalue weighted by Crippen LogP contribution is 2.45. The molecule has 0 atom stereocenters. The predicted molar refractivity (Wildman–Crippen MR) is 252 cm³/mol. The Kier molecular flexibility index (Phi) is 8.38. The van der Waals surface area contributed by atoms with Gasteiger partial charge in [-0.15, -0.1) is 0 Å². The van der Waals surface area contributed by atoms with Crippen LogP contribution in [0.1, 0.15) is 0 Å². The Bertz CT molecular complexity index is 3560. The number of hydrogen-bond donors (Lipinski definition) is 0. The summed E-state index contributed by atoms with van der Waals surface area (Å²) in [6.07, 6.45) is 1.96. The third-order valence-electron chi connectivity index (χ3n) is 11.7. The highest BCUT2D eigenvalue weighted by molar-refractivity contribution is 6.28. The van der Waals surface area contributed by atoms with Crippen molar-refractivity contribution in [2.24, 2.45) is 0 Å². The first kappa shape index (κ1) is 35.5. The SMILES string of the molecule is c1ccc(-c2nc(-c3ccccc3)nc(-c3cc(-c4ccccc4-c4ccccc4)cnc3-c3cccc4c3oc3ccc5c(c6ccccc6n5-c5ccccc5)c34)n2)cc1. The molecule has 12 rings (SSSR count). The van der Waals surface area contributed by atoms with Crippen LogP contribution in [0, 0.1) is 0 Å². The summed E-state index contributed by atoms with van der Waals surface area (Å²) >= 11 is 0. The second-order valence-corrected chi connectivity index (χ2v) is 15.4. The van der Waals surface area contributed by atoms with Gasteiger partial charge in [0.1, 0.15) is 11.2 Å². The van der Waals surface area contributed by atoms with Gasteiger partial charge in [0, 0.05) is 61.2 Å². The van der Waals surface area contributed by atoms with E-state index < -0.39 is 0 Å². The van der Waals surface area contributed by atoms with Crippen LogP contribution in [0.4, 0.5) is 0 Å². The van der Waals surface area contributed by atoms with Gasteiger partial charge in [-0.2, -0.15) is 0 Å². The Labute approximate surface area is 357 Å². The normalized spacial score (nSPS) is 11.5. The average Bonchev–Trinajstić information content (AvgIpc) is 3.91. The van der Waals surface area contributed by atoms with Gasteiger partial charge in [0.15, 0.2) is 17.5 Å². The highest BCUT2D eigenvalue weighted by Gasteiger charge is 2.24. The lowest BCUT2D eigenvalue weighted by molar-refractivity contribution is 0.670. The Morgan fingerprint density at radius 1 is 0.371 bits per heavy atom. The Balaban J connectivity index is 1.14. The number of benzene rings is 8. The zero-order chi connectivity index (χ0) is 41.0. The molecule has 0 saturated heterocycles. The molecule has 6 nitrogen and oxygen atoms in total. The second kappa shape index (κ2) is 14.7. The molecule has 4 heterocycles. The predicted octanol–water partition coefficient (Wildman–Crippen LogP) is 14.3. The first-order chi connectivity index (χ1) is 30.8. The lowest BCUT2D eigenvalue weighted by Gasteiger charge is -2.15. The van der Waals surface area contributed by atoms with E-state index in [1.807, 2.05) is 72.9 Å². The van der Waals surface area contributed by atoms with E-state index in [1.54, 1.807) is 0 Å². The monoisotopic (exact) mass is 793 g/mol. The minimum Gasteiger partial charge on any atom is -0.455 e. The molecule has 0 radical (unpaired) electrons. The molecule has 0 amide bonds. The van der Waals surface area contributed by atoms with E-state index in [-0.39, 0.29) is 0 Å². The lowest BCUT2D eigenvalue weighted by Crippen LogP contribution is -2.02. The number of aromatic nitrogens is 5. The standard InChI is InChI=1S/C56H35N5O/c1-5-18-36(19-6-1)41-26-13-14-27-42(41)39-34-46(56-59-54(37-20-7-2-8-21-37)58-55(60-56)38-22-9-3-10-23-38)52(57-35-39)45-30-17-29-44-51-49(62-53(44)45)33-32-48-50(51)43-28-15-16-31-47(43)61(48)40-24-11-4-12-25-40/h1-35H. The van der Waals surface area contributed by atoms with E-state index in [0.717, 1.165) is 93.9 Å². The number of furan rings is 1. The Morgan fingerprint density at radius 3 is 1.61 bits per heavy atom. The van der Waals surface area contributed by atoms with Crippen molar-refractivity contribution in [1.82, 2.24) is 24.5 Å². The van der Waals surface area contributed by atoms with Gasteiger partial charge >= 0.3 is 0 Å². The van der Waals surface area contributed by atoms with Crippen LogP contribution in [0.15, 0.2) is 217 Å². The zero-order valence-electron chi connectivity index (χ0n) is 33.4. The van der Waals surface area contributed by atoms with Gasteiger partial charge in [0.25, 0.3) is 0 Å². The van der Waals surface area contributed by atoms with E-state index >= 15 is 0 Å². The largest absolute Gasteiger partial charge is 0.455 e. The number of para-hydroxylation sites is 3. The third kappa shape index (κ3) is 5.88.